The SMILES string of the molecule is CCOc1cccc(NC(=O)/C(C#N)=C\c2cc(C)n(-c3ccc(F)cc3)c2C)c1. The summed E-state index contributed by atoms with van der Waals surface area (Å²) < 4.78 is 20.6. The zero-order chi connectivity index (χ0) is 21.7. The third-order valence-corrected chi connectivity index (χ3v) is 4.62. The summed E-state index contributed by atoms with van der Waals surface area (Å²) in [6.45, 7) is 6.20. The predicted octanol–water partition coefficient (Wildman–Crippen LogP) is 5.18. The van der Waals surface area contributed by atoms with E-state index in [2.05, 4.69) is 5.32 Å². The van der Waals surface area contributed by atoms with Crippen LogP contribution in [0.4, 0.5) is 10.1 Å². The highest BCUT2D eigenvalue weighted by Gasteiger charge is 2.14. The number of anilines is 1. The van der Waals surface area contributed by atoms with E-state index < -0.39 is 5.91 Å². The summed E-state index contributed by atoms with van der Waals surface area (Å²) in [6.07, 6.45) is 1.56. The standard InChI is InChI=1S/C24H22FN3O2/c1-4-30-23-7-5-6-21(14-23)27-24(29)19(15-26)13-18-12-16(2)28(17(18)3)22-10-8-20(25)9-11-22/h5-14H,4H2,1-3H3,(H,27,29)/b19-13-. The molecule has 0 spiro atoms. The van der Waals surface area contributed by atoms with Crippen LogP contribution in [0.2, 0.25) is 0 Å². The van der Waals surface area contributed by atoms with Gasteiger partial charge in [0.25, 0.3) is 5.91 Å². The average Bonchev–Trinajstić information content (AvgIpc) is 3.00. The molecule has 5 nitrogen and oxygen atoms in total. The van der Waals surface area contributed by atoms with Crippen molar-refractivity contribution in [2.45, 2.75) is 20.8 Å². The quantitative estimate of drug-likeness (QED) is 0.456. The number of aryl methyl sites for hydroxylation is 1. The van der Waals surface area contributed by atoms with Gasteiger partial charge < -0.3 is 14.6 Å². The fourth-order valence-electron chi connectivity index (χ4n) is 3.25. The molecule has 0 saturated carbocycles. The highest BCUT2D eigenvalue weighted by Crippen LogP contribution is 2.24. The third-order valence-electron chi connectivity index (χ3n) is 4.62. The lowest BCUT2D eigenvalue weighted by molar-refractivity contribution is -0.112. The number of carbonyl (C=O) groups is 1. The van der Waals surface area contributed by atoms with Crippen LogP contribution < -0.4 is 10.1 Å². The van der Waals surface area contributed by atoms with Crippen LogP contribution in [0.25, 0.3) is 11.8 Å². The van der Waals surface area contributed by atoms with Crippen molar-refractivity contribution in [2.24, 2.45) is 0 Å². The molecule has 0 saturated heterocycles. The number of benzene rings is 2. The Kier molecular flexibility index (Phi) is 6.33. The molecule has 1 amide bonds. The summed E-state index contributed by atoms with van der Waals surface area (Å²) in [5, 5.41) is 12.3. The van der Waals surface area contributed by atoms with E-state index in [4.69, 9.17) is 4.74 Å². The van der Waals surface area contributed by atoms with Gasteiger partial charge in [0.15, 0.2) is 0 Å². The number of hydrogen-bond donors (Lipinski definition) is 1. The van der Waals surface area contributed by atoms with Crippen LogP contribution in [-0.2, 0) is 4.79 Å². The monoisotopic (exact) mass is 403 g/mol. The molecule has 2 aromatic carbocycles. The third kappa shape index (κ3) is 4.58. The molecule has 0 radical (unpaired) electrons. The average molecular weight is 403 g/mol. The number of halogens is 1. The van der Waals surface area contributed by atoms with Gasteiger partial charge in [0.2, 0.25) is 0 Å². The maximum atomic E-state index is 13.3. The maximum Gasteiger partial charge on any atom is 0.266 e. The second kappa shape index (κ2) is 9.10. The van der Waals surface area contributed by atoms with Crippen molar-refractivity contribution < 1.29 is 13.9 Å². The largest absolute Gasteiger partial charge is 0.494 e. The van der Waals surface area contributed by atoms with Crippen molar-refractivity contribution in [3.63, 3.8) is 0 Å². The minimum absolute atomic E-state index is 0.0174. The Labute approximate surface area is 175 Å². The van der Waals surface area contributed by atoms with Crippen LogP contribution in [0.15, 0.2) is 60.2 Å². The van der Waals surface area contributed by atoms with Crippen LogP contribution in [-0.4, -0.2) is 17.1 Å². The smallest absolute Gasteiger partial charge is 0.266 e. The lowest BCUT2D eigenvalue weighted by Crippen LogP contribution is -2.13. The highest BCUT2D eigenvalue weighted by atomic mass is 19.1. The van der Waals surface area contributed by atoms with Crippen molar-refractivity contribution in [1.29, 1.82) is 5.26 Å². The van der Waals surface area contributed by atoms with E-state index in [0.29, 0.717) is 18.0 Å². The number of nitrogens with one attached hydrogen (secondary N) is 1. The van der Waals surface area contributed by atoms with Gasteiger partial charge >= 0.3 is 0 Å². The van der Waals surface area contributed by atoms with E-state index in [1.807, 2.05) is 37.5 Å². The topological polar surface area (TPSA) is 67.0 Å². The lowest BCUT2D eigenvalue weighted by Gasteiger charge is -2.09. The Balaban J connectivity index is 1.88. The molecule has 0 aliphatic rings. The molecule has 0 aliphatic carbocycles. The molecule has 1 heterocycles. The fourth-order valence-corrected chi connectivity index (χ4v) is 3.25. The number of nitriles is 1. The van der Waals surface area contributed by atoms with E-state index in [1.165, 1.54) is 12.1 Å². The number of rotatable bonds is 6. The van der Waals surface area contributed by atoms with E-state index in [-0.39, 0.29) is 11.4 Å². The fraction of sp³-hybridized carbons (Fsp3) is 0.167. The summed E-state index contributed by atoms with van der Waals surface area (Å²) in [7, 11) is 0. The van der Waals surface area contributed by atoms with Gasteiger partial charge in [-0.3, -0.25) is 4.79 Å². The van der Waals surface area contributed by atoms with Crippen LogP contribution in [0.5, 0.6) is 5.75 Å². The number of aromatic nitrogens is 1. The highest BCUT2D eigenvalue weighted by molar-refractivity contribution is 6.09. The number of nitrogens with zero attached hydrogens (tertiary/aromatic N) is 2. The molecule has 152 valence electrons. The molecule has 0 unspecified atom stereocenters. The molecular formula is C24H22FN3O2. The molecule has 30 heavy (non-hydrogen) atoms. The van der Waals surface area contributed by atoms with Crippen molar-refractivity contribution in [3.8, 4) is 17.5 Å². The number of carbonyl (C=O) groups excluding carboxylic acids is 1. The molecule has 0 bridgehead atoms. The maximum absolute atomic E-state index is 13.3. The summed E-state index contributed by atoms with van der Waals surface area (Å²) in [4.78, 5) is 12.6. The summed E-state index contributed by atoms with van der Waals surface area (Å²) in [5.41, 5.74) is 3.83. The Bertz CT molecular complexity index is 1140. The molecule has 1 N–H and O–H groups in total. The molecule has 6 heteroatoms. The Morgan fingerprint density at radius 1 is 1.20 bits per heavy atom. The number of hydrogen-bond acceptors (Lipinski definition) is 3. The van der Waals surface area contributed by atoms with Crippen molar-refractivity contribution >= 4 is 17.7 Å². The zero-order valence-electron chi connectivity index (χ0n) is 17.1. The van der Waals surface area contributed by atoms with E-state index >= 15 is 0 Å². The summed E-state index contributed by atoms with van der Waals surface area (Å²) >= 11 is 0. The van der Waals surface area contributed by atoms with Gasteiger partial charge in [-0.25, -0.2) is 4.39 Å². The summed E-state index contributed by atoms with van der Waals surface area (Å²) in [5.74, 6) is -0.170. The first-order chi connectivity index (χ1) is 14.4. The van der Waals surface area contributed by atoms with Crippen LogP contribution in [0, 0.1) is 31.0 Å². The molecule has 3 aromatic rings. The Morgan fingerprint density at radius 2 is 1.93 bits per heavy atom. The van der Waals surface area contributed by atoms with Crippen molar-refractivity contribution in [2.75, 3.05) is 11.9 Å². The number of ether oxygens (including phenoxy) is 1. The van der Waals surface area contributed by atoms with Crippen LogP contribution >= 0.6 is 0 Å². The predicted molar refractivity (Wildman–Crippen MR) is 115 cm³/mol. The minimum atomic E-state index is -0.502. The zero-order valence-corrected chi connectivity index (χ0v) is 17.1. The van der Waals surface area contributed by atoms with Gasteiger partial charge in [0, 0.05) is 28.8 Å². The van der Waals surface area contributed by atoms with Gasteiger partial charge in [0.1, 0.15) is 23.2 Å². The number of amides is 1. The first kappa shape index (κ1) is 20.9. The van der Waals surface area contributed by atoms with E-state index in [1.54, 1.807) is 42.5 Å². The normalized spacial score (nSPS) is 11.1. The van der Waals surface area contributed by atoms with Crippen molar-refractivity contribution in [1.82, 2.24) is 4.57 Å². The molecule has 0 aliphatic heterocycles. The van der Waals surface area contributed by atoms with Crippen LogP contribution in [0.3, 0.4) is 0 Å². The van der Waals surface area contributed by atoms with Gasteiger partial charge in [-0.05, 0) is 74.9 Å². The van der Waals surface area contributed by atoms with Gasteiger partial charge in [-0.1, -0.05) is 6.07 Å². The Morgan fingerprint density at radius 3 is 2.60 bits per heavy atom. The van der Waals surface area contributed by atoms with Crippen molar-refractivity contribution in [3.05, 3.63) is 82.9 Å². The van der Waals surface area contributed by atoms with Gasteiger partial charge in [0.05, 0.1) is 6.61 Å². The van der Waals surface area contributed by atoms with Gasteiger partial charge in [-0.15, -0.1) is 0 Å². The minimum Gasteiger partial charge on any atom is -0.494 e. The first-order valence-electron chi connectivity index (χ1n) is 9.53. The molecule has 0 fully saturated rings. The second-order valence-electron chi connectivity index (χ2n) is 6.72. The molecule has 1 aromatic heterocycles. The molecule has 3 rings (SSSR count). The lowest BCUT2D eigenvalue weighted by atomic mass is 10.1. The summed E-state index contributed by atoms with van der Waals surface area (Å²) in [6, 6.07) is 17.0. The second-order valence-corrected chi connectivity index (χ2v) is 6.72. The first-order valence-corrected chi connectivity index (χ1v) is 9.53. The molecular weight excluding hydrogens is 381 g/mol. The molecule has 0 atom stereocenters. The van der Waals surface area contributed by atoms with Crippen LogP contribution in [0.1, 0.15) is 23.9 Å². The van der Waals surface area contributed by atoms with E-state index in [0.717, 1.165) is 22.6 Å². The van der Waals surface area contributed by atoms with E-state index in [9.17, 15) is 14.4 Å². The Hall–Kier alpha value is -3.85. The van der Waals surface area contributed by atoms with Gasteiger partial charge in [-0.2, -0.15) is 5.26 Å².